The molecule has 0 fully saturated rings. The number of benzene rings is 2. The molecule has 0 aliphatic heterocycles. The van der Waals surface area contributed by atoms with E-state index in [1.807, 2.05) is 0 Å². The van der Waals surface area contributed by atoms with Crippen LogP contribution in [0.4, 0.5) is 28.9 Å². The maximum atomic E-state index is 13.0. The molecule has 3 aromatic carbocycles. The van der Waals surface area contributed by atoms with Crippen LogP contribution in [0.2, 0.25) is 0 Å². The van der Waals surface area contributed by atoms with Gasteiger partial charge >= 0.3 is 12.1 Å². The van der Waals surface area contributed by atoms with Crippen LogP contribution in [-0.4, -0.2) is 10.1 Å². The van der Waals surface area contributed by atoms with Gasteiger partial charge in [0.25, 0.3) is 10.9 Å². The van der Waals surface area contributed by atoms with Crippen molar-refractivity contribution in [1.82, 2.24) is 10.1 Å². The Morgan fingerprint density at radius 2 is 1.31 bits per heavy atom. The third kappa shape index (κ3) is 4.36. The van der Waals surface area contributed by atoms with E-state index >= 15 is 0 Å². The Hall–Kier alpha value is -4.02. The van der Waals surface area contributed by atoms with Crippen molar-refractivity contribution in [1.29, 1.82) is 0 Å². The highest BCUT2D eigenvalue weighted by Gasteiger charge is 2.38. The van der Waals surface area contributed by atoms with Gasteiger partial charge < -0.3 is 15.2 Å². The fourth-order valence-electron chi connectivity index (χ4n) is 2.94. The first-order valence-electron chi connectivity index (χ1n) is 9.28. The van der Waals surface area contributed by atoms with Crippen LogP contribution in [0.15, 0.2) is 62.6 Å². The molecule has 0 unspecified atom stereocenters. The minimum atomic E-state index is -4.72. The largest absolute Gasteiger partial charge is 0.471 e. The summed E-state index contributed by atoms with van der Waals surface area (Å²) in [4.78, 5) is 27.1. The SMILES string of the molecule is O=c1c(NCc2ccc(F)cc2)c(NCc2ccc(-c3noc(C(F)(F)F)n3)cc2)c1=O. The molecule has 0 spiro atoms. The molecule has 11 heteroatoms. The second kappa shape index (κ2) is 8.25. The molecule has 0 atom stereocenters. The quantitative estimate of drug-likeness (QED) is 0.330. The highest BCUT2D eigenvalue weighted by Crippen LogP contribution is 2.29. The number of halogens is 4. The number of rotatable bonds is 7. The van der Waals surface area contributed by atoms with Crippen molar-refractivity contribution in [2.24, 2.45) is 0 Å². The number of alkyl halides is 3. The number of hydrogen-bond acceptors (Lipinski definition) is 7. The zero-order valence-electron chi connectivity index (χ0n) is 16.2. The van der Waals surface area contributed by atoms with E-state index in [0.717, 1.165) is 5.56 Å². The van der Waals surface area contributed by atoms with E-state index < -0.39 is 22.9 Å². The smallest absolute Gasteiger partial charge is 0.376 e. The predicted octanol–water partition coefficient (Wildman–Crippen LogP) is 3.71. The van der Waals surface area contributed by atoms with E-state index in [2.05, 4.69) is 25.3 Å². The average Bonchev–Trinajstić information content (AvgIpc) is 3.28. The van der Waals surface area contributed by atoms with Gasteiger partial charge in [-0.05, 0) is 23.3 Å². The normalized spacial score (nSPS) is 11.6. The molecule has 1 aromatic heterocycles. The Kier molecular flexibility index (Phi) is 5.47. The fourth-order valence-corrected chi connectivity index (χ4v) is 2.94. The molecular formula is C21H14F4N4O3. The maximum Gasteiger partial charge on any atom is 0.471 e. The van der Waals surface area contributed by atoms with Crippen molar-refractivity contribution in [2.45, 2.75) is 19.3 Å². The lowest BCUT2D eigenvalue weighted by atomic mass is 10.1. The Balaban J connectivity index is 1.39. The summed E-state index contributed by atoms with van der Waals surface area (Å²) in [6, 6.07) is 12.0. The van der Waals surface area contributed by atoms with Gasteiger partial charge in [-0.2, -0.15) is 18.2 Å². The highest BCUT2D eigenvalue weighted by molar-refractivity contribution is 5.74. The number of aromatic nitrogens is 2. The summed E-state index contributed by atoms with van der Waals surface area (Å²) in [5, 5.41) is 9.07. The van der Waals surface area contributed by atoms with Crippen LogP contribution in [0.1, 0.15) is 17.0 Å². The molecule has 164 valence electrons. The van der Waals surface area contributed by atoms with Gasteiger partial charge in [0.2, 0.25) is 5.82 Å². The first kappa shape index (κ1) is 21.2. The molecule has 0 aliphatic rings. The molecule has 2 N–H and O–H groups in total. The van der Waals surface area contributed by atoms with Crippen LogP contribution in [0, 0.1) is 5.82 Å². The van der Waals surface area contributed by atoms with E-state index in [1.165, 1.54) is 24.3 Å². The maximum absolute atomic E-state index is 13.0. The minimum absolute atomic E-state index is 0.133. The van der Waals surface area contributed by atoms with Gasteiger partial charge in [0.05, 0.1) is 0 Å². The number of anilines is 2. The standard InChI is InChI=1S/C21H14F4N4O3/c22-14-7-3-12(4-8-14)10-27-16-15(17(30)18(16)31)26-9-11-1-5-13(6-2-11)19-28-20(32-29-19)21(23,24)25/h1-8,26-27H,9-10H2. The Bertz CT molecular complexity index is 1310. The molecule has 4 rings (SSSR count). The zero-order valence-corrected chi connectivity index (χ0v) is 16.2. The van der Waals surface area contributed by atoms with Gasteiger partial charge in [-0.15, -0.1) is 0 Å². The summed E-state index contributed by atoms with van der Waals surface area (Å²) in [6.07, 6.45) is -4.72. The molecule has 1 heterocycles. The first-order chi connectivity index (χ1) is 15.2. The number of nitrogens with zero attached hydrogens (tertiary/aromatic N) is 2. The third-order valence-corrected chi connectivity index (χ3v) is 4.64. The third-order valence-electron chi connectivity index (χ3n) is 4.64. The topological polar surface area (TPSA) is 97.1 Å². The number of nitrogens with one attached hydrogen (secondary N) is 2. The van der Waals surface area contributed by atoms with E-state index in [-0.39, 0.29) is 36.1 Å². The molecular weight excluding hydrogens is 432 g/mol. The van der Waals surface area contributed by atoms with Gasteiger partial charge in [-0.1, -0.05) is 41.6 Å². The van der Waals surface area contributed by atoms with Crippen molar-refractivity contribution < 1.29 is 22.1 Å². The Morgan fingerprint density at radius 3 is 1.78 bits per heavy atom. The van der Waals surface area contributed by atoms with E-state index in [1.54, 1.807) is 24.3 Å². The van der Waals surface area contributed by atoms with E-state index in [4.69, 9.17) is 0 Å². The van der Waals surface area contributed by atoms with Crippen LogP contribution in [-0.2, 0) is 19.3 Å². The van der Waals surface area contributed by atoms with E-state index in [0.29, 0.717) is 11.1 Å². The van der Waals surface area contributed by atoms with Gasteiger partial charge in [-0.25, -0.2) is 4.39 Å². The van der Waals surface area contributed by atoms with Gasteiger partial charge in [0, 0.05) is 18.7 Å². The second-order valence-corrected chi connectivity index (χ2v) is 6.86. The predicted molar refractivity (Wildman–Crippen MR) is 107 cm³/mol. The minimum Gasteiger partial charge on any atom is -0.376 e. The van der Waals surface area contributed by atoms with Crippen molar-refractivity contribution in [3.8, 4) is 11.4 Å². The summed E-state index contributed by atoms with van der Waals surface area (Å²) >= 11 is 0. The average molecular weight is 446 g/mol. The lowest BCUT2D eigenvalue weighted by Crippen LogP contribution is -2.37. The van der Waals surface area contributed by atoms with Crippen LogP contribution < -0.4 is 21.5 Å². The number of hydrogen-bond donors (Lipinski definition) is 2. The van der Waals surface area contributed by atoms with Crippen LogP contribution >= 0.6 is 0 Å². The van der Waals surface area contributed by atoms with Crippen LogP contribution in [0.25, 0.3) is 11.4 Å². The molecule has 7 nitrogen and oxygen atoms in total. The molecule has 0 bridgehead atoms. The lowest BCUT2D eigenvalue weighted by Gasteiger charge is -2.15. The summed E-state index contributed by atoms with van der Waals surface area (Å²) in [6.45, 7) is 0.426. The Morgan fingerprint density at radius 1 is 0.812 bits per heavy atom. The summed E-state index contributed by atoms with van der Waals surface area (Å²) in [7, 11) is 0. The first-order valence-corrected chi connectivity index (χ1v) is 9.28. The molecule has 0 saturated heterocycles. The summed E-state index contributed by atoms with van der Waals surface area (Å²) in [5.41, 5.74) is 0.722. The van der Waals surface area contributed by atoms with Crippen LogP contribution in [0.5, 0.6) is 0 Å². The fraction of sp³-hybridized carbons (Fsp3) is 0.143. The highest BCUT2D eigenvalue weighted by atomic mass is 19.4. The van der Waals surface area contributed by atoms with Crippen molar-refractivity contribution >= 4 is 11.4 Å². The van der Waals surface area contributed by atoms with Crippen molar-refractivity contribution in [2.75, 3.05) is 10.6 Å². The molecule has 0 amide bonds. The molecule has 0 radical (unpaired) electrons. The monoisotopic (exact) mass is 446 g/mol. The van der Waals surface area contributed by atoms with Crippen LogP contribution in [0.3, 0.4) is 0 Å². The van der Waals surface area contributed by atoms with Gasteiger partial charge in [-0.3, -0.25) is 9.59 Å². The van der Waals surface area contributed by atoms with Gasteiger partial charge in [0.1, 0.15) is 17.2 Å². The molecule has 0 saturated carbocycles. The summed E-state index contributed by atoms with van der Waals surface area (Å²) < 4.78 is 54.9. The molecule has 4 aromatic rings. The zero-order chi connectivity index (χ0) is 22.9. The van der Waals surface area contributed by atoms with Crippen molar-refractivity contribution in [3.63, 3.8) is 0 Å². The summed E-state index contributed by atoms with van der Waals surface area (Å²) in [5.74, 6) is -2.01. The lowest BCUT2D eigenvalue weighted by molar-refractivity contribution is -0.159. The second-order valence-electron chi connectivity index (χ2n) is 6.86. The van der Waals surface area contributed by atoms with E-state index in [9.17, 15) is 27.2 Å². The molecule has 0 aliphatic carbocycles. The molecule has 32 heavy (non-hydrogen) atoms. The Labute approximate surface area is 177 Å². The van der Waals surface area contributed by atoms with Crippen molar-refractivity contribution in [3.05, 3.63) is 91.8 Å². The van der Waals surface area contributed by atoms with Gasteiger partial charge in [0.15, 0.2) is 0 Å².